The number of Topliss-reactive ketones (excluding diaryl/α,β-unsaturated/α-hetero) is 1. The van der Waals surface area contributed by atoms with Crippen LogP contribution in [0, 0.1) is 5.41 Å². The highest BCUT2D eigenvalue weighted by Crippen LogP contribution is 2.61. The van der Waals surface area contributed by atoms with Crippen LogP contribution in [0.3, 0.4) is 0 Å². The van der Waals surface area contributed by atoms with Gasteiger partial charge < -0.3 is 30.3 Å². The SMILES string of the molecule is CC(=O)OC1CC(C)(C)C2=C(O)C(=O)c3c(O)c(C(C)CO)c(O)c(O)c3C2(C)C1. The average molecular weight is 420 g/mol. The monoisotopic (exact) mass is 420 g/mol. The third-order valence-electron chi connectivity index (χ3n) is 6.39. The molecule has 8 nitrogen and oxygen atoms in total. The summed E-state index contributed by atoms with van der Waals surface area (Å²) in [7, 11) is 0. The van der Waals surface area contributed by atoms with Crippen LogP contribution in [0.5, 0.6) is 17.2 Å². The Morgan fingerprint density at radius 2 is 1.70 bits per heavy atom. The Bertz CT molecular complexity index is 974. The van der Waals surface area contributed by atoms with Gasteiger partial charge in [-0.05, 0) is 23.8 Å². The summed E-state index contributed by atoms with van der Waals surface area (Å²) in [6.45, 7) is 7.62. The van der Waals surface area contributed by atoms with Gasteiger partial charge in [0.15, 0.2) is 17.3 Å². The number of esters is 1. The maximum atomic E-state index is 13.1. The number of carbonyl (C=O) groups is 2. The molecule has 0 amide bonds. The summed E-state index contributed by atoms with van der Waals surface area (Å²) in [5.41, 5.74) is -2.13. The number of allylic oxidation sites excluding steroid dienone is 2. The van der Waals surface area contributed by atoms with E-state index in [0.29, 0.717) is 12.0 Å². The van der Waals surface area contributed by atoms with Gasteiger partial charge in [0.05, 0.1) is 5.56 Å². The average Bonchev–Trinajstić information content (AvgIpc) is 2.60. The molecule has 5 N–H and O–H groups in total. The second-order valence-electron chi connectivity index (χ2n) is 9.20. The molecule has 3 unspecified atom stereocenters. The van der Waals surface area contributed by atoms with Crippen LogP contribution in [0.2, 0.25) is 0 Å². The minimum absolute atomic E-state index is 0.0193. The Hall–Kier alpha value is -2.74. The normalized spacial score (nSPS) is 26.1. The summed E-state index contributed by atoms with van der Waals surface area (Å²) < 4.78 is 5.43. The van der Waals surface area contributed by atoms with E-state index in [4.69, 9.17) is 4.74 Å². The molecule has 0 heterocycles. The zero-order chi connectivity index (χ0) is 22.8. The molecule has 0 aromatic heterocycles. The number of aliphatic hydroxyl groups is 2. The summed E-state index contributed by atoms with van der Waals surface area (Å²) in [6.07, 6.45) is -0.0839. The summed E-state index contributed by atoms with van der Waals surface area (Å²) in [6, 6.07) is 0. The summed E-state index contributed by atoms with van der Waals surface area (Å²) in [5, 5.41) is 52.8. The highest BCUT2D eigenvalue weighted by atomic mass is 16.5. The van der Waals surface area contributed by atoms with Gasteiger partial charge in [0.25, 0.3) is 0 Å². The van der Waals surface area contributed by atoms with Gasteiger partial charge in [0, 0.05) is 36.0 Å². The molecule has 2 aliphatic carbocycles. The quantitative estimate of drug-likeness (QED) is 0.285. The van der Waals surface area contributed by atoms with E-state index < -0.39 is 64.2 Å². The van der Waals surface area contributed by atoms with Crippen molar-refractivity contribution in [3.63, 3.8) is 0 Å². The van der Waals surface area contributed by atoms with Crippen molar-refractivity contribution in [2.24, 2.45) is 5.41 Å². The number of hydrogen-bond acceptors (Lipinski definition) is 8. The van der Waals surface area contributed by atoms with Gasteiger partial charge in [-0.15, -0.1) is 0 Å². The van der Waals surface area contributed by atoms with Crippen molar-refractivity contribution in [3.05, 3.63) is 28.0 Å². The minimum atomic E-state index is -1.20. The first kappa shape index (κ1) is 22.0. The number of ether oxygens (including phenoxy) is 1. The predicted octanol–water partition coefficient (Wildman–Crippen LogP) is 2.92. The Morgan fingerprint density at radius 1 is 1.10 bits per heavy atom. The van der Waals surface area contributed by atoms with E-state index in [0.717, 1.165) is 0 Å². The number of rotatable bonds is 3. The predicted molar refractivity (Wildman–Crippen MR) is 107 cm³/mol. The second kappa shape index (κ2) is 6.91. The van der Waals surface area contributed by atoms with Crippen LogP contribution in [0.25, 0.3) is 0 Å². The van der Waals surface area contributed by atoms with Crippen LogP contribution < -0.4 is 0 Å². The number of carbonyl (C=O) groups excluding carboxylic acids is 2. The number of benzene rings is 1. The molecule has 0 spiro atoms. The molecule has 3 atom stereocenters. The number of hydrogen-bond donors (Lipinski definition) is 5. The third kappa shape index (κ3) is 2.93. The van der Waals surface area contributed by atoms with Gasteiger partial charge in [-0.2, -0.15) is 0 Å². The lowest BCUT2D eigenvalue weighted by atomic mass is 9.53. The highest BCUT2D eigenvalue weighted by Gasteiger charge is 2.56. The fraction of sp³-hybridized carbons (Fsp3) is 0.545. The molecule has 0 radical (unpaired) electrons. The number of aliphatic hydroxyl groups excluding tert-OH is 2. The fourth-order valence-electron chi connectivity index (χ4n) is 5.45. The molecule has 1 aromatic rings. The van der Waals surface area contributed by atoms with Gasteiger partial charge in [0.1, 0.15) is 11.9 Å². The molecule has 1 fully saturated rings. The molecular weight excluding hydrogens is 392 g/mol. The van der Waals surface area contributed by atoms with Crippen LogP contribution in [-0.2, 0) is 14.9 Å². The largest absolute Gasteiger partial charge is 0.507 e. The lowest BCUT2D eigenvalue weighted by molar-refractivity contribution is -0.149. The van der Waals surface area contributed by atoms with E-state index in [1.54, 1.807) is 20.8 Å². The summed E-state index contributed by atoms with van der Waals surface area (Å²) in [5.74, 6) is -4.47. The van der Waals surface area contributed by atoms with Crippen LogP contribution in [0.15, 0.2) is 11.3 Å². The van der Waals surface area contributed by atoms with Gasteiger partial charge in [-0.3, -0.25) is 9.59 Å². The zero-order valence-corrected chi connectivity index (χ0v) is 17.7. The van der Waals surface area contributed by atoms with Crippen molar-refractivity contribution in [1.82, 2.24) is 0 Å². The third-order valence-corrected chi connectivity index (χ3v) is 6.39. The first-order valence-corrected chi connectivity index (χ1v) is 9.86. The number of aromatic hydroxyl groups is 3. The first-order valence-electron chi connectivity index (χ1n) is 9.86. The molecule has 1 saturated carbocycles. The second-order valence-corrected chi connectivity index (χ2v) is 9.20. The number of phenolic OH excluding ortho intramolecular Hbond substituents is 3. The van der Waals surface area contributed by atoms with Gasteiger partial charge >= 0.3 is 5.97 Å². The standard InChI is InChI=1S/C22H28O8/c1-9(8-23)12-15(25)13-14(18(28)16(12)26)22(5)7-11(30-10(2)24)6-21(3,4)20(22)19(29)17(13)27/h9,11,23,25-26,28-29H,6-8H2,1-5H3. The van der Waals surface area contributed by atoms with Crippen molar-refractivity contribution in [2.45, 2.75) is 64.9 Å². The maximum Gasteiger partial charge on any atom is 0.302 e. The molecule has 1 aromatic carbocycles. The highest BCUT2D eigenvalue weighted by molar-refractivity contribution is 6.13. The van der Waals surface area contributed by atoms with Gasteiger partial charge in [-0.1, -0.05) is 27.7 Å². The van der Waals surface area contributed by atoms with Crippen molar-refractivity contribution < 1.29 is 39.9 Å². The summed E-state index contributed by atoms with van der Waals surface area (Å²) in [4.78, 5) is 24.7. The number of fused-ring (bicyclic) bond motifs is 3. The van der Waals surface area contributed by atoms with Gasteiger partial charge in [0.2, 0.25) is 5.78 Å². The molecule has 30 heavy (non-hydrogen) atoms. The Morgan fingerprint density at radius 3 is 2.23 bits per heavy atom. The van der Waals surface area contributed by atoms with E-state index in [1.165, 1.54) is 13.8 Å². The van der Waals surface area contributed by atoms with Crippen molar-refractivity contribution in [1.29, 1.82) is 0 Å². The molecule has 164 valence electrons. The van der Waals surface area contributed by atoms with E-state index in [2.05, 4.69) is 0 Å². The van der Waals surface area contributed by atoms with Crippen LogP contribution >= 0.6 is 0 Å². The van der Waals surface area contributed by atoms with Gasteiger partial charge in [-0.25, -0.2) is 0 Å². The molecule has 8 heteroatoms. The molecule has 2 aliphatic rings. The van der Waals surface area contributed by atoms with E-state index in [1.807, 2.05) is 0 Å². The minimum Gasteiger partial charge on any atom is -0.507 e. The number of phenols is 3. The van der Waals surface area contributed by atoms with Crippen LogP contribution in [0.1, 0.15) is 74.9 Å². The lowest BCUT2D eigenvalue weighted by Gasteiger charge is -2.51. The maximum absolute atomic E-state index is 13.1. The lowest BCUT2D eigenvalue weighted by Crippen LogP contribution is -2.48. The zero-order valence-electron chi connectivity index (χ0n) is 17.7. The van der Waals surface area contributed by atoms with Crippen molar-refractivity contribution >= 4 is 11.8 Å². The molecule has 0 aliphatic heterocycles. The van der Waals surface area contributed by atoms with Crippen LogP contribution in [-0.4, -0.2) is 50.0 Å². The Balaban J connectivity index is 2.38. The first-order chi connectivity index (χ1) is 13.8. The Labute approximate surface area is 174 Å². The number of ketones is 1. The summed E-state index contributed by atoms with van der Waals surface area (Å²) >= 11 is 0. The van der Waals surface area contributed by atoms with Crippen molar-refractivity contribution in [2.75, 3.05) is 6.61 Å². The molecule has 0 saturated heterocycles. The van der Waals surface area contributed by atoms with E-state index in [9.17, 15) is 35.1 Å². The smallest absolute Gasteiger partial charge is 0.302 e. The molecule has 0 bridgehead atoms. The molecule has 3 rings (SSSR count). The van der Waals surface area contributed by atoms with E-state index >= 15 is 0 Å². The Kier molecular flexibility index (Phi) is 5.05. The van der Waals surface area contributed by atoms with E-state index in [-0.39, 0.29) is 23.1 Å². The van der Waals surface area contributed by atoms with Crippen molar-refractivity contribution in [3.8, 4) is 17.2 Å². The fourth-order valence-corrected chi connectivity index (χ4v) is 5.45. The topological polar surface area (TPSA) is 145 Å². The molecular formula is C22H28O8. The van der Waals surface area contributed by atoms with Crippen LogP contribution in [0.4, 0.5) is 0 Å².